The van der Waals surface area contributed by atoms with E-state index in [1.165, 1.54) is 18.9 Å². The minimum absolute atomic E-state index is 0.0696. The number of carboxylic acids is 1. The molecule has 0 fully saturated rings. The third-order valence-electron chi connectivity index (χ3n) is 4.25. The van der Waals surface area contributed by atoms with Gasteiger partial charge < -0.3 is 25.6 Å². The number of ether oxygens (including phenoxy) is 2. The lowest BCUT2D eigenvalue weighted by Crippen LogP contribution is -2.55. The van der Waals surface area contributed by atoms with Crippen LogP contribution in [-0.2, 0) is 24.9 Å². The summed E-state index contributed by atoms with van der Waals surface area (Å²) in [6.07, 6.45) is -0.342. The fourth-order valence-corrected chi connectivity index (χ4v) is 3.33. The van der Waals surface area contributed by atoms with Crippen molar-refractivity contribution in [2.24, 2.45) is 5.73 Å². The fraction of sp³-hybridized carbons (Fsp3) is 0.526. The Labute approximate surface area is 169 Å². The van der Waals surface area contributed by atoms with Crippen molar-refractivity contribution in [3.63, 3.8) is 0 Å². The highest BCUT2D eigenvalue weighted by Crippen LogP contribution is 2.31. The number of nitrogens with one attached hydrogen (secondary N) is 1. The standard InChI is InChI=1S/C19H28N2O6S/c1-19(2,28-11-12-5-7-13(26-3)8-6-12)16(20)17(24)21-14(18(25)27-4)9-10-15(22)23/h5-8,14,16H,9-11,20H2,1-4H3,(H,21,24)(H,22,23). The summed E-state index contributed by atoms with van der Waals surface area (Å²) >= 11 is 1.50. The molecule has 0 saturated heterocycles. The lowest BCUT2D eigenvalue weighted by atomic mass is 10.0. The van der Waals surface area contributed by atoms with E-state index in [1.807, 2.05) is 38.1 Å². The highest BCUT2D eigenvalue weighted by atomic mass is 32.2. The number of methoxy groups -OCH3 is 2. The van der Waals surface area contributed by atoms with Gasteiger partial charge in [-0.2, -0.15) is 0 Å². The van der Waals surface area contributed by atoms with Crippen LogP contribution in [0.5, 0.6) is 5.75 Å². The van der Waals surface area contributed by atoms with E-state index < -0.39 is 34.7 Å². The van der Waals surface area contributed by atoms with Crippen LogP contribution < -0.4 is 15.8 Å². The smallest absolute Gasteiger partial charge is 0.328 e. The Kier molecular flexibility index (Phi) is 9.27. The van der Waals surface area contributed by atoms with Crippen LogP contribution in [0.1, 0.15) is 32.3 Å². The average Bonchev–Trinajstić information content (AvgIpc) is 2.68. The molecule has 0 aromatic heterocycles. The van der Waals surface area contributed by atoms with Crippen molar-refractivity contribution in [1.82, 2.24) is 5.32 Å². The number of rotatable bonds is 11. The summed E-state index contributed by atoms with van der Waals surface area (Å²) in [4.78, 5) is 35.1. The Bertz CT molecular complexity index is 678. The Morgan fingerprint density at radius 1 is 1.21 bits per heavy atom. The summed E-state index contributed by atoms with van der Waals surface area (Å²) in [6, 6.07) is 5.63. The van der Waals surface area contributed by atoms with Gasteiger partial charge >= 0.3 is 11.9 Å². The molecule has 28 heavy (non-hydrogen) atoms. The van der Waals surface area contributed by atoms with Gasteiger partial charge in [0.25, 0.3) is 0 Å². The number of thioether (sulfide) groups is 1. The van der Waals surface area contributed by atoms with Gasteiger partial charge in [0.2, 0.25) is 5.91 Å². The zero-order chi connectivity index (χ0) is 21.3. The lowest BCUT2D eigenvalue weighted by Gasteiger charge is -2.31. The molecule has 0 aliphatic rings. The lowest BCUT2D eigenvalue weighted by molar-refractivity contribution is -0.146. The number of amides is 1. The van der Waals surface area contributed by atoms with Crippen molar-refractivity contribution in [1.29, 1.82) is 0 Å². The number of aliphatic carboxylic acids is 1. The summed E-state index contributed by atoms with van der Waals surface area (Å²) in [5, 5.41) is 11.3. The van der Waals surface area contributed by atoms with Crippen LogP contribution in [0.4, 0.5) is 0 Å². The number of nitrogens with two attached hydrogens (primary N) is 1. The summed E-state index contributed by atoms with van der Waals surface area (Å²) in [7, 11) is 2.78. The maximum absolute atomic E-state index is 12.5. The van der Waals surface area contributed by atoms with Crippen molar-refractivity contribution >= 4 is 29.6 Å². The molecule has 1 aromatic carbocycles. The van der Waals surface area contributed by atoms with E-state index in [-0.39, 0.29) is 12.8 Å². The molecular formula is C19H28N2O6S. The SMILES string of the molecule is COC(=O)C(CCC(=O)O)NC(=O)C(N)C(C)(C)SCc1ccc(OC)cc1. The average molecular weight is 413 g/mol. The molecule has 156 valence electrons. The Morgan fingerprint density at radius 3 is 2.32 bits per heavy atom. The molecule has 0 saturated carbocycles. The van der Waals surface area contributed by atoms with Crippen molar-refractivity contribution in [3.8, 4) is 5.75 Å². The molecule has 2 unspecified atom stereocenters. The predicted molar refractivity (Wildman–Crippen MR) is 107 cm³/mol. The normalized spacial score (nSPS) is 13.3. The molecule has 8 nitrogen and oxygen atoms in total. The largest absolute Gasteiger partial charge is 0.497 e. The topological polar surface area (TPSA) is 128 Å². The highest BCUT2D eigenvalue weighted by molar-refractivity contribution is 7.99. The van der Waals surface area contributed by atoms with Gasteiger partial charge in [-0.3, -0.25) is 9.59 Å². The minimum Gasteiger partial charge on any atom is -0.497 e. The maximum atomic E-state index is 12.5. The molecule has 0 spiro atoms. The second-order valence-electron chi connectivity index (χ2n) is 6.73. The van der Waals surface area contributed by atoms with Crippen LogP contribution in [0.25, 0.3) is 0 Å². The van der Waals surface area contributed by atoms with Crippen LogP contribution in [0.15, 0.2) is 24.3 Å². The Balaban J connectivity index is 2.70. The molecule has 1 aromatic rings. The fourth-order valence-electron chi connectivity index (χ4n) is 2.32. The van der Waals surface area contributed by atoms with Crippen molar-refractivity contribution in [3.05, 3.63) is 29.8 Å². The first-order valence-electron chi connectivity index (χ1n) is 8.73. The van der Waals surface area contributed by atoms with Gasteiger partial charge in [-0.15, -0.1) is 11.8 Å². The van der Waals surface area contributed by atoms with Gasteiger partial charge in [0, 0.05) is 16.9 Å². The van der Waals surface area contributed by atoms with E-state index >= 15 is 0 Å². The number of hydrogen-bond donors (Lipinski definition) is 3. The number of esters is 1. The molecule has 2 atom stereocenters. The predicted octanol–water partition coefficient (Wildman–Crippen LogP) is 1.56. The third kappa shape index (κ3) is 7.40. The van der Waals surface area contributed by atoms with Crippen LogP contribution >= 0.6 is 11.8 Å². The molecule has 9 heteroatoms. The molecule has 4 N–H and O–H groups in total. The van der Waals surface area contributed by atoms with Gasteiger partial charge in [0.05, 0.1) is 20.3 Å². The molecule has 0 aliphatic carbocycles. The summed E-state index contributed by atoms with van der Waals surface area (Å²) < 4.78 is 9.13. The maximum Gasteiger partial charge on any atom is 0.328 e. The number of carbonyl (C=O) groups excluding carboxylic acids is 2. The van der Waals surface area contributed by atoms with Crippen molar-refractivity contribution in [2.45, 2.75) is 49.3 Å². The van der Waals surface area contributed by atoms with Gasteiger partial charge in [0.15, 0.2) is 0 Å². The molecular weight excluding hydrogens is 384 g/mol. The first-order valence-corrected chi connectivity index (χ1v) is 9.71. The van der Waals surface area contributed by atoms with E-state index in [2.05, 4.69) is 10.1 Å². The van der Waals surface area contributed by atoms with Crippen molar-refractivity contribution < 1.29 is 29.0 Å². The molecule has 1 rings (SSSR count). The van der Waals surface area contributed by atoms with Crippen LogP contribution in [0.2, 0.25) is 0 Å². The molecule has 0 heterocycles. The first-order chi connectivity index (χ1) is 13.1. The zero-order valence-corrected chi connectivity index (χ0v) is 17.4. The quantitative estimate of drug-likeness (QED) is 0.467. The Morgan fingerprint density at radius 2 is 1.82 bits per heavy atom. The third-order valence-corrected chi connectivity index (χ3v) is 5.73. The first kappa shape index (κ1) is 23.8. The van der Waals surface area contributed by atoms with Crippen LogP contribution in [-0.4, -0.2) is 54.0 Å². The number of benzene rings is 1. The summed E-state index contributed by atoms with van der Waals surface area (Å²) in [6.45, 7) is 3.69. The number of hydrogen-bond acceptors (Lipinski definition) is 7. The summed E-state index contributed by atoms with van der Waals surface area (Å²) in [5.41, 5.74) is 7.19. The van der Waals surface area contributed by atoms with Gasteiger partial charge in [-0.05, 0) is 38.0 Å². The molecule has 0 aliphatic heterocycles. The summed E-state index contributed by atoms with van der Waals surface area (Å²) in [5.74, 6) is -0.905. The molecule has 0 radical (unpaired) electrons. The van der Waals surface area contributed by atoms with Crippen LogP contribution in [0, 0.1) is 0 Å². The van der Waals surface area contributed by atoms with E-state index in [1.54, 1.807) is 7.11 Å². The van der Waals surface area contributed by atoms with Gasteiger partial charge in [-0.25, -0.2) is 4.79 Å². The van der Waals surface area contributed by atoms with E-state index in [9.17, 15) is 14.4 Å². The Hall–Kier alpha value is -2.26. The number of carboxylic acid groups (broad SMARTS) is 1. The van der Waals surface area contributed by atoms with Crippen LogP contribution in [0.3, 0.4) is 0 Å². The zero-order valence-electron chi connectivity index (χ0n) is 16.6. The molecule has 0 bridgehead atoms. The van der Waals surface area contributed by atoms with E-state index in [0.29, 0.717) is 5.75 Å². The molecule has 1 amide bonds. The highest BCUT2D eigenvalue weighted by Gasteiger charge is 2.35. The van der Waals surface area contributed by atoms with E-state index in [0.717, 1.165) is 11.3 Å². The van der Waals surface area contributed by atoms with Crippen molar-refractivity contribution in [2.75, 3.05) is 14.2 Å². The van der Waals surface area contributed by atoms with Gasteiger partial charge in [0.1, 0.15) is 11.8 Å². The van der Waals surface area contributed by atoms with E-state index in [4.69, 9.17) is 15.6 Å². The van der Waals surface area contributed by atoms with Gasteiger partial charge in [-0.1, -0.05) is 12.1 Å². The number of carbonyl (C=O) groups is 3. The monoisotopic (exact) mass is 412 g/mol. The second-order valence-corrected chi connectivity index (χ2v) is 8.36. The second kappa shape index (κ2) is 10.9. The minimum atomic E-state index is -1.07.